The van der Waals surface area contributed by atoms with Gasteiger partial charge in [0.25, 0.3) is 0 Å². The van der Waals surface area contributed by atoms with Crippen LogP contribution < -0.4 is 10.2 Å². The molecule has 0 heterocycles. The minimum atomic E-state index is -1.16. The summed E-state index contributed by atoms with van der Waals surface area (Å²) >= 11 is 10.8. The van der Waals surface area contributed by atoms with E-state index >= 15 is 0 Å². The number of carbonyl (C=O) groups excluding carboxylic acids is 2. The molecule has 0 bridgehead atoms. The molecular weight excluding hydrogens is 497 g/mol. The Morgan fingerprint density at radius 1 is 0.846 bits per heavy atom. The first-order valence-corrected chi connectivity index (χ1v) is 5.93. The van der Waals surface area contributed by atoms with Gasteiger partial charge < -0.3 is 19.8 Å². The standard InChI is InChI=1S/2C2H2Br2O2.Zn/c2*3-1(4)2(5)6;/h2*1H,(H,5,6);/q;;+2/p-2. The van der Waals surface area contributed by atoms with Crippen LogP contribution in [0.2, 0.25) is 0 Å². The van der Waals surface area contributed by atoms with Crippen molar-refractivity contribution in [1.82, 2.24) is 0 Å². The summed E-state index contributed by atoms with van der Waals surface area (Å²) in [7, 11) is 0. The van der Waals surface area contributed by atoms with Crippen LogP contribution in [-0.2, 0) is 29.1 Å². The van der Waals surface area contributed by atoms with Crippen LogP contribution in [0.15, 0.2) is 0 Å². The number of hydrogen-bond acceptors (Lipinski definition) is 4. The summed E-state index contributed by atoms with van der Waals surface area (Å²) in [6, 6.07) is 0. The molecule has 0 saturated heterocycles. The fourth-order valence-corrected chi connectivity index (χ4v) is 0. The second-order valence-corrected chi connectivity index (χ2v) is 7.36. The van der Waals surface area contributed by atoms with Crippen LogP contribution in [0, 0.1) is 0 Å². The summed E-state index contributed by atoms with van der Waals surface area (Å²) < 4.78 is -1.44. The Kier molecular flexibility index (Phi) is 17.8. The number of carbonyl (C=O) groups is 2. The van der Waals surface area contributed by atoms with Gasteiger partial charge in [0.15, 0.2) is 0 Å². The normalized spacial score (nSPS) is 8.46. The molecule has 4 nitrogen and oxygen atoms in total. The predicted molar refractivity (Wildman–Crippen MR) is 53.3 cm³/mol. The maximum atomic E-state index is 9.49. The quantitative estimate of drug-likeness (QED) is 0.387. The van der Waals surface area contributed by atoms with E-state index in [4.69, 9.17) is 0 Å². The number of hydrogen-bond donors (Lipinski definition) is 0. The topological polar surface area (TPSA) is 80.3 Å². The Labute approximate surface area is 121 Å². The van der Waals surface area contributed by atoms with Crippen LogP contribution in [0.3, 0.4) is 0 Å². The third-order valence-corrected chi connectivity index (χ3v) is 1.85. The first-order valence-electron chi connectivity index (χ1n) is 2.27. The Hall–Kier alpha value is 1.48. The molecule has 0 aliphatic rings. The first-order chi connectivity index (χ1) is 5.29. The summed E-state index contributed by atoms with van der Waals surface area (Å²) in [6.45, 7) is 0. The summed E-state index contributed by atoms with van der Waals surface area (Å²) in [5.74, 6) is -2.31. The second kappa shape index (κ2) is 11.6. The average Bonchev–Trinajstić information content (AvgIpc) is 1.88. The number of aliphatic carboxylic acids is 2. The van der Waals surface area contributed by atoms with Crippen LogP contribution >= 0.6 is 63.7 Å². The molecule has 72 valence electrons. The minimum Gasteiger partial charge on any atom is -0.548 e. The molecule has 0 spiro atoms. The molecule has 0 aliphatic carbocycles. The fourth-order valence-electron chi connectivity index (χ4n) is 0. The van der Waals surface area contributed by atoms with Gasteiger partial charge in [0.2, 0.25) is 0 Å². The van der Waals surface area contributed by atoms with Gasteiger partial charge in [0.1, 0.15) is 7.47 Å². The maximum Gasteiger partial charge on any atom is 2.00 e. The van der Waals surface area contributed by atoms with Gasteiger partial charge in [-0.3, -0.25) is 0 Å². The zero-order valence-corrected chi connectivity index (χ0v) is 15.3. The maximum absolute atomic E-state index is 9.49. The second-order valence-electron chi connectivity index (χ2n) is 1.24. The summed E-state index contributed by atoms with van der Waals surface area (Å²) in [5.41, 5.74) is 0. The smallest absolute Gasteiger partial charge is 0.548 e. The van der Waals surface area contributed by atoms with Crippen molar-refractivity contribution >= 4 is 75.7 Å². The summed E-state index contributed by atoms with van der Waals surface area (Å²) in [4.78, 5) is 19.0. The van der Waals surface area contributed by atoms with Crippen molar-refractivity contribution in [2.75, 3.05) is 0 Å². The van der Waals surface area contributed by atoms with E-state index in [1.165, 1.54) is 0 Å². The van der Waals surface area contributed by atoms with Crippen LogP contribution in [0.1, 0.15) is 0 Å². The van der Waals surface area contributed by atoms with Gasteiger partial charge in [0.05, 0.1) is 11.9 Å². The number of halogens is 4. The van der Waals surface area contributed by atoms with Gasteiger partial charge in [-0.15, -0.1) is 0 Å². The monoisotopic (exact) mass is 494 g/mol. The van der Waals surface area contributed by atoms with Crippen LogP contribution in [0.5, 0.6) is 0 Å². The Morgan fingerprint density at radius 3 is 0.923 bits per heavy atom. The number of carboxylic acid groups (broad SMARTS) is 2. The van der Waals surface area contributed by atoms with Crippen LogP contribution in [0.25, 0.3) is 0 Å². The van der Waals surface area contributed by atoms with E-state index in [2.05, 4.69) is 63.7 Å². The fraction of sp³-hybridized carbons (Fsp3) is 0.500. The van der Waals surface area contributed by atoms with Crippen LogP contribution in [0.4, 0.5) is 0 Å². The number of rotatable bonds is 2. The van der Waals surface area contributed by atoms with E-state index in [1.54, 1.807) is 0 Å². The summed E-state index contributed by atoms with van der Waals surface area (Å²) in [6.07, 6.45) is 0. The minimum absolute atomic E-state index is 0. The van der Waals surface area contributed by atoms with Gasteiger partial charge in [0, 0.05) is 0 Å². The average molecular weight is 499 g/mol. The molecule has 0 amide bonds. The zero-order valence-electron chi connectivity index (χ0n) is 6.01. The molecular formula is C4H2Br4O4Zn. The Morgan fingerprint density at radius 2 is 0.923 bits per heavy atom. The molecule has 0 aromatic heterocycles. The van der Waals surface area contributed by atoms with Crippen molar-refractivity contribution in [3.63, 3.8) is 0 Å². The summed E-state index contributed by atoms with van der Waals surface area (Å²) in [5, 5.41) is 19.0. The third-order valence-electron chi connectivity index (χ3n) is 0.356. The van der Waals surface area contributed by atoms with E-state index in [0.29, 0.717) is 0 Å². The van der Waals surface area contributed by atoms with Gasteiger partial charge in [-0.25, -0.2) is 0 Å². The molecule has 9 heteroatoms. The molecule has 0 aromatic carbocycles. The molecule has 0 atom stereocenters. The van der Waals surface area contributed by atoms with Gasteiger partial charge in [-0.2, -0.15) is 0 Å². The van der Waals surface area contributed by atoms with Gasteiger partial charge >= 0.3 is 19.5 Å². The predicted octanol–water partition coefficient (Wildman–Crippen LogP) is -0.298. The van der Waals surface area contributed by atoms with Crippen LogP contribution in [-0.4, -0.2) is 19.4 Å². The molecule has 0 fully saturated rings. The molecule has 0 aliphatic heterocycles. The molecule has 0 aromatic rings. The first kappa shape index (κ1) is 20.0. The Balaban J connectivity index is -0.000000143. The molecule has 0 radical (unpaired) electrons. The van der Waals surface area contributed by atoms with Crippen molar-refractivity contribution < 1.29 is 39.3 Å². The molecule has 13 heavy (non-hydrogen) atoms. The van der Waals surface area contributed by atoms with E-state index in [-0.39, 0.29) is 19.5 Å². The van der Waals surface area contributed by atoms with E-state index in [9.17, 15) is 19.8 Å². The number of carboxylic acids is 2. The third kappa shape index (κ3) is 19.8. The van der Waals surface area contributed by atoms with Crippen molar-refractivity contribution in [2.24, 2.45) is 0 Å². The number of alkyl halides is 4. The van der Waals surface area contributed by atoms with Crippen molar-refractivity contribution in [3.8, 4) is 0 Å². The Bertz CT molecular complexity index is 144. The van der Waals surface area contributed by atoms with Crippen molar-refractivity contribution in [3.05, 3.63) is 0 Å². The zero-order chi connectivity index (χ0) is 10.3. The molecule has 0 N–H and O–H groups in total. The molecule has 0 rings (SSSR count). The van der Waals surface area contributed by atoms with E-state index in [0.717, 1.165) is 0 Å². The SMILES string of the molecule is O=C([O-])C(Br)Br.O=C([O-])C(Br)Br.[Zn+2]. The van der Waals surface area contributed by atoms with Crippen molar-refractivity contribution in [1.29, 1.82) is 0 Å². The molecule has 0 saturated carbocycles. The van der Waals surface area contributed by atoms with Gasteiger partial charge in [-0.05, 0) is 0 Å². The molecule has 0 unspecified atom stereocenters. The van der Waals surface area contributed by atoms with Gasteiger partial charge in [-0.1, -0.05) is 63.7 Å². The van der Waals surface area contributed by atoms with Crippen molar-refractivity contribution in [2.45, 2.75) is 7.47 Å². The van der Waals surface area contributed by atoms with E-state index in [1.807, 2.05) is 0 Å². The van der Waals surface area contributed by atoms with E-state index < -0.39 is 19.4 Å². The largest absolute Gasteiger partial charge is 2.00 e.